The van der Waals surface area contributed by atoms with Crippen molar-refractivity contribution in [2.24, 2.45) is 0 Å². The highest BCUT2D eigenvalue weighted by Crippen LogP contribution is 2.35. The number of ether oxygens (including phenoxy) is 2. The van der Waals surface area contributed by atoms with Gasteiger partial charge in [0.1, 0.15) is 24.9 Å². The first-order valence-corrected chi connectivity index (χ1v) is 13.8. The van der Waals surface area contributed by atoms with Gasteiger partial charge < -0.3 is 34.0 Å². The standard InChI is InChI=1S/C29H33FN8O3/c1-37(2)12-13-38-22-17-25-24(39-14-15-40-25)16-20(22)35-26(38)6-9-31-10-7-27-36-28-23(41-27)5-11-33-29(28)34-18-21-19(30)4-3-8-32-21/h3-5,8,11,16-17,31H,6-7,9-10,12-15,18H2,1-2H3,(H,33,34). The predicted octanol–water partition coefficient (Wildman–Crippen LogP) is 3.43. The fourth-order valence-electron chi connectivity index (χ4n) is 4.83. The quantitative estimate of drug-likeness (QED) is 0.220. The number of nitrogens with zero attached hydrogens (tertiary/aromatic N) is 6. The second-order valence-corrected chi connectivity index (χ2v) is 10.1. The number of benzene rings is 1. The average Bonchev–Trinajstić information content (AvgIpc) is 3.54. The third kappa shape index (κ3) is 6.08. The molecule has 0 aliphatic carbocycles. The van der Waals surface area contributed by atoms with Gasteiger partial charge in [-0.1, -0.05) is 0 Å². The Hall–Kier alpha value is -4.29. The van der Waals surface area contributed by atoms with Crippen LogP contribution in [0.4, 0.5) is 10.2 Å². The number of hydrogen-bond donors (Lipinski definition) is 2. The van der Waals surface area contributed by atoms with E-state index in [1.54, 1.807) is 24.5 Å². The number of imidazole rings is 1. The molecule has 0 radical (unpaired) electrons. The predicted molar refractivity (Wildman–Crippen MR) is 153 cm³/mol. The third-order valence-electron chi connectivity index (χ3n) is 6.91. The van der Waals surface area contributed by atoms with E-state index < -0.39 is 0 Å². The Labute approximate surface area is 236 Å². The Morgan fingerprint density at radius 3 is 2.66 bits per heavy atom. The Kier molecular flexibility index (Phi) is 7.92. The Morgan fingerprint density at radius 1 is 1.00 bits per heavy atom. The zero-order valence-corrected chi connectivity index (χ0v) is 23.2. The highest BCUT2D eigenvalue weighted by Gasteiger charge is 2.18. The Balaban J connectivity index is 1.07. The number of likely N-dealkylation sites (N-methyl/N-ethyl adjacent to an activating group) is 1. The van der Waals surface area contributed by atoms with Crippen LogP contribution < -0.4 is 20.1 Å². The van der Waals surface area contributed by atoms with E-state index in [9.17, 15) is 4.39 Å². The number of aromatic nitrogens is 5. The first-order valence-electron chi connectivity index (χ1n) is 13.8. The topological polar surface area (TPSA) is 115 Å². The molecular formula is C29H33FN8O3. The molecule has 12 heteroatoms. The molecule has 0 unspecified atom stereocenters. The van der Waals surface area contributed by atoms with E-state index in [1.807, 2.05) is 12.1 Å². The van der Waals surface area contributed by atoms with Gasteiger partial charge in [0, 0.05) is 69.6 Å². The summed E-state index contributed by atoms with van der Waals surface area (Å²) in [6.07, 6.45) is 4.58. The van der Waals surface area contributed by atoms with Gasteiger partial charge in [0.2, 0.25) is 0 Å². The van der Waals surface area contributed by atoms with Crippen molar-refractivity contribution in [3.63, 3.8) is 0 Å². The second-order valence-electron chi connectivity index (χ2n) is 10.1. The van der Waals surface area contributed by atoms with E-state index in [0.717, 1.165) is 54.4 Å². The monoisotopic (exact) mass is 560 g/mol. The maximum Gasteiger partial charge on any atom is 0.196 e. The van der Waals surface area contributed by atoms with Gasteiger partial charge in [-0.3, -0.25) is 4.98 Å². The molecule has 1 aliphatic rings. The molecule has 0 fully saturated rings. The number of halogens is 1. The average molecular weight is 561 g/mol. The number of fused-ring (bicyclic) bond motifs is 3. The summed E-state index contributed by atoms with van der Waals surface area (Å²) in [6, 6.07) is 8.74. The molecule has 0 spiro atoms. The second kappa shape index (κ2) is 12.1. The van der Waals surface area contributed by atoms with Crippen molar-refractivity contribution in [1.29, 1.82) is 0 Å². The fourth-order valence-corrected chi connectivity index (χ4v) is 4.83. The van der Waals surface area contributed by atoms with E-state index in [2.05, 4.69) is 49.1 Å². The van der Waals surface area contributed by atoms with Crippen molar-refractivity contribution < 1.29 is 18.3 Å². The fraction of sp³-hybridized carbons (Fsp3) is 0.379. The van der Waals surface area contributed by atoms with Crippen LogP contribution >= 0.6 is 0 Å². The highest BCUT2D eigenvalue weighted by molar-refractivity contribution is 5.84. The Morgan fingerprint density at radius 2 is 1.83 bits per heavy atom. The van der Waals surface area contributed by atoms with E-state index in [0.29, 0.717) is 54.7 Å². The molecule has 2 N–H and O–H groups in total. The number of oxazole rings is 1. The number of pyridine rings is 2. The van der Waals surface area contributed by atoms with Gasteiger partial charge in [-0.25, -0.2) is 19.3 Å². The van der Waals surface area contributed by atoms with Crippen LogP contribution in [0, 0.1) is 5.82 Å². The van der Waals surface area contributed by atoms with Gasteiger partial charge in [-0.05, 0) is 26.2 Å². The van der Waals surface area contributed by atoms with Gasteiger partial charge in [-0.2, -0.15) is 0 Å². The summed E-state index contributed by atoms with van der Waals surface area (Å²) in [4.78, 5) is 20.2. The minimum Gasteiger partial charge on any atom is -0.486 e. The molecule has 0 atom stereocenters. The van der Waals surface area contributed by atoms with Crippen LogP contribution in [0.2, 0.25) is 0 Å². The van der Waals surface area contributed by atoms with Crippen molar-refractivity contribution >= 4 is 28.0 Å². The molecule has 6 rings (SSSR count). The molecule has 4 aromatic heterocycles. The van der Waals surface area contributed by atoms with Crippen LogP contribution in [0.5, 0.6) is 11.5 Å². The van der Waals surface area contributed by atoms with E-state index in [4.69, 9.17) is 18.9 Å². The number of hydrogen-bond acceptors (Lipinski definition) is 10. The van der Waals surface area contributed by atoms with Crippen molar-refractivity contribution in [3.05, 3.63) is 66.0 Å². The van der Waals surface area contributed by atoms with Crippen LogP contribution in [-0.4, -0.2) is 76.3 Å². The molecule has 0 amide bonds. The molecule has 11 nitrogen and oxygen atoms in total. The minimum absolute atomic E-state index is 0.199. The number of rotatable bonds is 12. The van der Waals surface area contributed by atoms with Crippen LogP contribution in [0.1, 0.15) is 17.4 Å². The summed E-state index contributed by atoms with van der Waals surface area (Å²) < 4.78 is 33.7. The minimum atomic E-state index is -0.366. The summed E-state index contributed by atoms with van der Waals surface area (Å²) in [6.45, 7) is 4.49. The van der Waals surface area contributed by atoms with Crippen molar-refractivity contribution in [1.82, 2.24) is 34.7 Å². The van der Waals surface area contributed by atoms with Crippen LogP contribution in [0.3, 0.4) is 0 Å². The lowest BCUT2D eigenvalue weighted by Crippen LogP contribution is -2.23. The van der Waals surface area contributed by atoms with Crippen LogP contribution in [0.25, 0.3) is 22.1 Å². The maximum atomic E-state index is 14.0. The lowest BCUT2D eigenvalue weighted by molar-refractivity contribution is 0.172. The molecule has 1 aliphatic heterocycles. The van der Waals surface area contributed by atoms with E-state index in [-0.39, 0.29) is 12.4 Å². The Bertz CT molecular complexity index is 1650. The molecule has 5 heterocycles. The van der Waals surface area contributed by atoms with E-state index in [1.165, 1.54) is 6.07 Å². The molecule has 214 valence electrons. The van der Waals surface area contributed by atoms with E-state index >= 15 is 0 Å². The van der Waals surface area contributed by atoms with Gasteiger partial charge in [-0.15, -0.1) is 0 Å². The zero-order chi connectivity index (χ0) is 28.2. The van der Waals surface area contributed by atoms with Crippen LogP contribution in [0.15, 0.2) is 47.1 Å². The maximum absolute atomic E-state index is 14.0. The summed E-state index contributed by atoms with van der Waals surface area (Å²) >= 11 is 0. The molecule has 0 bridgehead atoms. The van der Waals surface area contributed by atoms with Crippen LogP contribution in [-0.2, 0) is 25.9 Å². The van der Waals surface area contributed by atoms with Gasteiger partial charge in [0.25, 0.3) is 0 Å². The first kappa shape index (κ1) is 26.9. The smallest absolute Gasteiger partial charge is 0.196 e. The van der Waals surface area contributed by atoms with Gasteiger partial charge in [0.05, 0.1) is 23.3 Å². The van der Waals surface area contributed by atoms with Crippen molar-refractivity contribution in [2.75, 3.05) is 52.3 Å². The normalized spacial score (nSPS) is 13.0. The molecular weight excluding hydrogens is 527 g/mol. The summed E-state index contributed by atoms with van der Waals surface area (Å²) in [7, 11) is 4.14. The summed E-state index contributed by atoms with van der Waals surface area (Å²) in [5.74, 6) is 3.32. The molecule has 5 aromatic rings. The highest BCUT2D eigenvalue weighted by atomic mass is 19.1. The summed E-state index contributed by atoms with van der Waals surface area (Å²) in [5, 5.41) is 6.62. The van der Waals surface area contributed by atoms with Gasteiger partial charge >= 0.3 is 0 Å². The molecule has 41 heavy (non-hydrogen) atoms. The molecule has 0 saturated carbocycles. The largest absolute Gasteiger partial charge is 0.486 e. The van der Waals surface area contributed by atoms with Gasteiger partial charge in [0.15, 0.2) is 34.3 Å². The van der Waals surface area contributed by atoms with Crippen molar-refractivity contribution in [2.45, 2.75) is 25.9 Å². The first-order chi connectivity index (χ1) is 20.0. The lowest BCUT2D eigenvalue weighted by atomic mass is 10.2. The number of nitrogens with one attached hydrogen (secondary N) is 2. The SMILES string of the molecule is CN(C)CCn1c(CCNCCc2nc3c(NCc4ncccc4F)nccc3o2)nc2cc3c(cc21)OCCO3. The zero-order valence-electron chi connectivity index (χ0n) is 23.2. The van der Waals surface area contributed by atoms with Crippen molar-refractivity contribution in [3.8, 4) is 11.5 Å². The third-order valence-corrected chi connectivity index (χ3v) is 6.91. The molecule has 1 aromatic carbocycles. The molecule has 0 saturated heterocycles. The lowest BCUT2D eigenvalue weighted by Gasteiger charge is -2.18. The summed E-state index contributed by atoms with van der Waals surface area (Å²) in [5.41, 5.74) is 3.53. The number of anilines is 1.